The highest BCUT2D eigenvalue weighted by Gasteiger charge is 2.13. The number of rotatable bonds is 8. The molecule has 0 aliphatic heterocycles. The van der Waals surface area contributed by atoms with Gasteiger partial charge in [-0.25, -0.2) is 0 Å². The Balaban J connectivity index is 2.00. The van der Waals surface area contributed by atoms with E-state index in [1.807, 2.05) is 7.05 Å². The van der Waals surface area contributed by atoms with Gasteiger partial charge in [0.05, 0.1) is 7.11 Å². The highest BCUT2D eigenvalue weighted by Crippen LogP contribution is 2.17. The lowest BCUT2D eigenvalue weighted by Crippen LogP contribution is -2.44. The predicted molar refractivity (Wildman–Crippen MR) is 86.5 cm³/mol. The second-order valence-corrected chi connectivity index (χ2v) is 5.72. The molecule has 0 aromatic carbocycles. The number of guanidine groups is 1. The van der Waals surface area contributed by atoms with Crippen LogP contribution in [0, 0.1) is 0 Å². The Labute approximate surface area is 128 Å². The standard InChI is InChI=1S/C16H31N3O2/c1-17-16(19-14-10-6-5-7-11-14)18-13-9-4-3-8-12-15(20)21-2/h14H,3-13H2,1-2H3,(H2,17,18,19). The first-order valence-corrected chi connectivity index (χ1v) is 8.30. The van der Waals surface area contributed by atoms with Crippen molar-refractivity contribution in [1.29, 1.82) is 0 Å². The van der Waals surface area contributed by atoms with Crippen molar-refractivity contribution in [3.8, 4) is 0 Å². The molecule has 0 heterocycles. The van der Waals surface area contributed by atoms with E-state index in [-0.39, 0.29) is 5.97 Å². The maximum Gasteiger partial charge on any atom is 0.305 e. The first-order chi connectivity index (χ1) is 10.3. The van der Waals surface area contributed by atoms with Gasteiger partial charge in [0.1, 0.15) is 0 Å². The minimum Gasteiger partial charge on any atom is -0.469 e. The van der Waals surface area contributed by atoms with Gasteiger partial charge in [-0.15, -0.1) is 0 Å². The monoisotopic (exact) mass is 297 g/mol. The summed E-state index contributed by atoms with van der Waals surface area (Å²) in [5.41, 5.74) is 0. The van der Waals surface area contributed by atoms with Crippen LogP contribution in [-0.4, -0.2) is 38.7 Å². The zero-order chi connectivity index (χ0) is 15.3. The van der Waals surface area contributed by atoms with Crippen LogP contribution in [-0.2, 0) is 9.53 Å². The van der Waals surface area contributed by atoms with Gasteiger partial charge >= 0.3 is 5.97 Å². The quantitative estimate of drug-likeness (QED) is 0.313. The molecule has 1 aliphatic carbocycles. The molecule has 1 saturated carbocycles. The minimum atomic E-state index is -0.106. The fourth-order valence-electron chi connectivity index (χ4n) is 2.69. The summed E-state index contributed by atoms with van der Waals surface area (Å²) < 4.78 is 4.62. The summed E-state index contributed by atoms with van der Waals surface area (Å²) in [5, 5.41) is 6.88. The number of nitrogens with one attached hydrogen (secondary N) is 2. The Morgan fingerprint density at radius 2 is 1.86 bits per heavy atom. The van der Waals surface area contributed by atoms with Gasteiger partial charge in [-0.1, -0.05) is 32.1 Å². The first kappa shape index (κ1) is 17.8. The van der Waals surface area contributed by atoms with E-state index < -0.39 is 0 Å². The van der Waals surface area contributed by atoms with E-state index in [9.17, 15) is 4.79 Å². The summed E-state index contributed by atoms with van der Waals surface area (Å²) in [7, 11) is 3.27. The Kier molecular flexibility index (Phi) is 9.66. The molecule has 1 aliphatic rings. The fourth-order valence-corrected chi connectivity index (χ4v) is 2.69. The molecular formula is C16H31N3O2. The Morgan fingerprint density at radius 1 is 1.14 bits per heavy atom. The highest BCUT2D eigenvalue weighted by atomic mass is 16.5. The molecular weight excluding hydrogens is 266 g/mol. The van der Waals surface area contributed by atoms with Crippen molar-refractivity contribution in [2.24, 2.45) is 4.99 Å². The average Bonchev–Trinajstić information content (AvgIpc) is 2.53. The van der Waals surface area contributed by atoms with Crippen LogP contribution in [0.3, 0.4) is 0 Å². The second kappa shape index (κ2) is 11.4. The van der Waals surface area contributed by atoms with Crippen molar-refractivity contribution in [3.63, 3.8) is 0 Å². The number of nitrogens with zero attached hydrogens (tertiary/aromatic N) is 1. The molecule has 122 valence electrons. The number of unbranched alkanes of at least 4 members (excludes halogenated alkanes) is 3. The third kappa shape index (κ3) is 8.58. The van der Waals surface area contributed by atoms with Crippen molar-refractivity contribution < 1.29 is 9.53 Å². The molecule has 21 heavy (non-hydrogen) atoms. The Hall–Kier alpha value is -1.26. The third-order valence-corrected chi connectivity index (χ3v) is 4.00. The number of hydrogen-bond acceptors (Lipinski definition) is 3. The number of ether oxygens (including phenoxy) is 1. The van der Waals surface area contributed by atoms with E-state index >= 15 is 0 Å². The molecule has 2 N–H and O–H groups in total. The summed E-state index contributed by atoms with van der Waals surface area (Å²) in [6.07, 6.45) is 11.3. The number of aliphatic imine (C=N–C) groups is 1. The van der Waals surface area contributed by atoms with Crippen LogP contribution in [0.15, 0.2) is 4.99 Å². The van der Waals surface area contributed by atoms with Crippen LogP contribution in [0.4, 0.5) is 0 Å². The van der Waals surface area contributed by atoms with Crippen molar-refractivity contribution in [1.82, 2.24) is 10.6 Å². The largest absolute Gasteiger partial charge is 0.469 e. The summed E-state index contributed by atoms with van der Waals surface area (Å²) in [4.78, 5) is 15.2. The van der Waals surface area contributed by atoms with Gasteiger partial charge in [0.2, 0.25) is 0 Å². The molecule has 0 bridgehead atoms. The van der Waals surface area contributed by atoms with Gasteiger partial charge in [-0.05, 0) is 25.7 Å². The summed E-state index contributed by atoms with van der Waals surface area (Å²) in [6.45, 7) is 0.935. The van der Waals surface area contributed by atoms with Crippen molar-refractivity contribution in [2.75, 3.05) is 20.7 Å². The molecule has 0 atom stereocenters. The van der Waals surface area contributed by atoms with Crippen LogP contribution >= 0.6 is 0 Å². The SMILES string of the molecule is CN=C(NCCCCCCC(=O)OC)NC1CCCCC1. The van der Waals surface area contributed by atoms with Crippen molar-refractivity contribution in [3.05, 3.63) is 0 Å². The van der Waals surface area contributed by atoms with Gasteiger partial charge in [-0.3, -0.25) is 9.79 Å². The number of carbonyl (C=O) groups is 1. The van der Waals surface area contributed by atoms with Gasteiger partial charge in [-0.2, -0.15) is 0 Å². The van der Waals surface area contributed by atoms with E-state index in [0.717, 1.165) is 38.2 Å². The lowest BCUT2D eigenvalue weighted by atomic mass is 9.96. The molecule has 0 spiro atoms. The smallest absolute Gasteiger partial charge is 0.305 e. The summed E-state index contributed by atoms with van der Waals surface area (Å²) >= 11 is 0. The Bertz CT molecular complexity index is 313. The molecule has 1 fully saturated rings. The molecule has 0 aromatic rings. The number of carbonyl (C=O) groups excluding carboxylic acids is 1. The summed E-state index contributed by atoms with van der Waals surface area (Å²) in [6, 6.07) is 0.588. The highest BCUT2D eigenvalue weighted by molar-refractivity contribution is 5.79. The summed E-state index contributed by atoms with van der Waals surface area (Å²) in [5.74, 6) is 0.821. The zero-order valence-electron chi connectivity index (χ0n) is 13.6. The minimum absolute atomic E-state index is 0.106. The third-order valence-electron chi connectivity index (χ3n) is 4.00. The molecule has 0 amide bonds. The number of esters is 1. The van der Waals surface area contributed by atoms with Crippen LogP contribution in [0.5, 0.6) is 0 Å². The molecule has 1 rings (SSSR count). The average molecular weight is 297 g/mol. The molecule has 0 radical (unpaired) electrons. The van der Waals surface area contributed by atoms with Gasteiger partial charge in [0.15, 0.2) is 5.96 Å². The van der Waals surface area contributed by atoms with E-state index in [1.54, 1.807) is 0 Å². The van der Waals surface area contributed by atoms with Crippen molar-refractivity contribution >= 4 is 11.9 Å². The van der Waals surface area contributed by atoms with Crippen molar-refractivity contribution in [2.45, 2.75) is 70.3 Å². The van der Waals surface area contributed by atoms with Gasteiger partial charge in [0.25, 0.3) is 0 Å². The van der Waals surface area contributed by atoms with E-state index in [0.29, 0.717) is 12.5 Å². The molecule has 5 nitrogen and oxygen atoms in total. The first-order valence-electron chi connectivity index (χ1n) is 8.30. The molecule has 0 saturated heterocycles. The predicted octanol–water partition coefficient (Wildman–Crippen LogP) is 2.61. The molecule has 5 heteroatoms. The number of hydrogen-bond donors (Lipinski definition) is 2. The maximum absolute atomic E-state index is 11.0. The maximum atomic E-state index is 11.0. The van der Waals surface area contributed by atoms with E-state index in [4.69, 9.17) is 0 Å². The number of methoxy groups -OCH3 is 1. The zero-order valence-corrected chi connectivity index (χ0v) is 13.6. The topological polar surface area (TPSA) is 62.7 Å². The van der Waals surface area contributed by atoms with Gasteiger partial charge in [0, 0.05) is 26.1 Å². The molecule has 0 unspecified atom stereocenters. The normalized spacial score (nSPS) is 16.6. The fraction of sp³-hybridized carbons (Fsp3) is 0.875. The van der Waals surface area contributed by atoms with Crippen LogP contribution in [0.2, 0.25) is 0 Å². The lowest BCUT2D eigenvalue weighted by molar-refractivity contribution is -0.140. The van der Waals surface area contributed by atoms with Crippen LogP contribution < -0.4 is 10.6 Å². The second-order valence-electron chi connectivity index (χ2n) is 5.72. The van der Waals surface area contributed by atoms with Gasteiger partial charge < -0.3 is 15.4 Å². The van der Waals surface area contributed by atoms with Crippen LogP contribution in [0.1, 0.15) is 64.2 Å². The lowest BCUT2D eigenvalue weighted by Gasteiger charge is -2.24. The van der Waals surface area contributed by atoms with Crippen LogP contribution in [0.25, 0.3) is 0 Å². The molecule has 0 aromatic heterocycles. The Morgan fingerprint density at radius 3 is 2.52 bits per heavy atom. The van der Waals surface area contributed by atoms with E-state index in [1.165, 1.54) is 39.2 Å². The van der Waals surface area contributed by atoms with E-state index in [2.05, 4.69) is 20.4 Å².